The molecule has 15 heavy (non-hydrogen) atoms. The molecule has 0 radical (unpaired) electrons. The van der Waals surface area contributed by atoms with E-state index in [1.54, 1.807) is 36.7 Å². The summed E-state index contributed by atoms with van der Waals surface area (Å²) in [5.41, 5.74) is 6.42. The number of nitrogens with two attached hydrogens (primary N) is 1. The summed E-state index contributed by atoms with van der Waals surface area (Å²) < 4.78 is 26.3. The predicted octanol–water partition coefficient (Wildman–Crippen LogP) is 1.73. The molecule has 0 spiro atoms. The third-order valence-corrected chi connectivity index (χ3v) is 1.95. The third kappa shape index (κ3) is 1.74. The number of methoxy groups -OCH3 is 1. The van der Waals surface area contributed by atoms with E-state index < -0.39 is 7.04 Å². The summed E-state index contributed by atoms with van der Waals surface area (Å²) in [5.74, 6) is 0.438. The SMILES string of the molecule is [2H]C([2H])([2H])Oc1c(N)cccc1-c1ncccn1. The molecule has 2 N–H and O–H groups in total. The van der Waals surface area contributed by atoms with Gasteiger partial charge in [0.25, 0.3) is 0 Å². The van der Waals surface area contributed by atoms with E-state index in [4.69, 9.17) is 14.6 Å². The molecule has 0 aliphatic rings. The molecule has 0 atom stereocenters. The highest BCUT2D eigenvalue weighted by Gasteiger charge is 2.09. The fourth-order valence-corrected chi connectivity index (χ4v) is 1.28. The minimum absolute atomic E-state index is 0.0729. The molecule has 2 rings (SSSR count). The number of benzene rings is 1. The van der Waals surface area contributed by atoms with Crippen LogP contribution < -0.4 is 10.5 Å². The van der Waals surface area contributed by atoms with Crippen molar-refractivity contribution in [1.29, 1.82) is 0 Å². The van der Waals surface area contributed by atoms with Gasteiger partial charge in [0.1, 0.15) is 0 Å². The second-order valence-corrected chi connectivity index (χ2v) is 2.90. The lowest BCUT2D eigenvalue weighted by molar-refractivity contribution is 0.418. The summed E-state index contributed by atoms with van der Waals surface area (Å²) >= 11 is 0. The molecule has 76 valence electrons. The monoisotopic (exact) mass is 204 g/mol. The van der Waals surface area contributed by atoms with E-state index in [-0.39, 0.29) is 11.4 Å². The highest BCUT2D eigenvalue weighted by atomic mass is 16.5. The molecule has 0 saturated carbocycles. The average molecular weight is 204 g/mol. The molecule has 0 aliphatic carbocycles. The maximum absolute atomic E-state index is 7.14. The summed E-state index contributed by atoms with van der Waals surface area (Å²) in [6.45, 7) is 0. The molecule has 0 unspecified atom stereocenters. The minimum Gasteiger partial charge on any atom is -0.494 e. The topological polar surface area (TPSA) is 61.0 Å². The lowest BCUT2D eigenvalue weighted by Crippen LogP contribution is -1.96. The first kappa shape index (κ1) is 6.40. The van der Waals surface area contributed by atoms with E-state index in [1.807, 2.05) is 0 Å². The maximum atomic E-state index is 7.14. The van der Waals surface area contributed by atoms with Crippen molar-refractivity contribution in [2.75, 3.05) is 12.8 Å². The predicted molar refractivity (Wildman–Crippen MR) is 58.4 cm³/mol. The summed E-state index contributed by atoms with van der Waals surface area (Å²) in [6, 6.07) is 6.58. The summed E-state index contributed by atoms with van der Waals surface area (Å²) in [5, 5.41) is 0. The van der Waals surface area contributed by atoms with Gasteiger partial charge in [-0.25, -0.2) is 9.97 Å². The van der Waals surface area contributed by atoms with Crippen LogP contribution in [-0.2, 0) is 0 Å². The van der Waals surface area contributed by atoms with Gasteiger partial charge in [-0.1, -0.05) is 6.07 Å². The van der Waals surface area contributed by atoms with Crippen molar-refractivity contribution >= 4 is 5.69 Å². The molecule has 4 nitrogen and oxygen atoms in total. The molecule has 2 aromatic rings. The lowest BCUT2D eigenvalue weighted by atomic mass is 10.1. The van der Waals surface area contributed by atoms with Crippen LogP contribution in [0.5, 0.6) is 5.75 Å². The molecule has 0 amide bonds. The molecular weight excluding hydrogens is 190 g/mol. The van der Waals surface area contributed by atoms with E-state index >= 15 is 0 Å². The Morgan fingerprint density at radius 2 is 2.07 bits per heavy atom. The largest absolute Gasteiger partial charge is 0.494 e. The summed E-state index contributed by atoms with van der Waals surface area (Å²) in [6.07, 6.45) is 3.12. The Bertz CT molecular complexity index is 543. The number of ether oxygens (including phenoxy) is 1. The standard InChI is InChI=1S/C11H11N3O/c1-15-10-8(4-2-5-9(10)12)11-13-6-3-7-14-11/h2-7H,12H2,1H3/i1D3. The van der Waals surface area contributed by atoms with Crippen LogP contribution >= 0.6 is 0 Å². The van der Waals surface area contributed by atoms with Crippen LogP contribution in [0.1, 0.15) is 4.11 Å². The van der Waals surface area contributed by atoms with Gasteiger partial charge in [-0.3, -0.25) is 0 Å². The Kier molecular flexibility index (Phi) is 1.69. The van der Waals surface area contributed by atoms with Crippen molar-refractivity contribution in [3.05, 3.63) is 36.7 Å². The van der Waals surface area contributed by atoms with Crippen LogP contribution in [0.4, 0.5) is 5.69 Å². The summed E-state index contributed by atoms with van der Waals surface area (Å²) in [4.78, 5) is 8.10. The molecular formula is C11H11N3O. The Morgan fingerprint density at radius 1 is 1.27 bits per heavy atom. The quantitative estimate of drug-likeness (QED) is 0.757. The van der Waals surface area contributed by atoms with Crippen molar-refractivity contribution < 1.29 is 8.85 Å². The van der Waals surface area contributed by atoms with Gasteiger partial charge in [0.2, 0.25) is 0 Å². The second-order valence-electron chi connectivity index (χ2n) is 2.90. The zero-order chi connectivity index (χ0) is 13.2. The van der Waals surface area contributed by atoms with Crippen molar-refractivity contribution in [3.63, 3.8) is 0 Å². The van der Waals surface area contributed by atoms with Gasteiger partial charge in [0.05, 0.1) is 22.4 Å². The molecule has 1 heterocycles. The fourth-order valence-electron chi connectivity index (χ4n) is 1.28. The average Bonchev–Trinajstić information content (AvgIpc) is 2.31. The lowest BCUT2D eigenvalue weighted by Gasteiger charge is -2.09. The molecule has 1 aromatic carbocycles. The molecule has 0 aliphatic heterocycles. The van der Waals surface area contributed by atoms with Crippen LogP contribution in [-0.4, -0.2) is 17.0 Å². The van der Waals surface area contributed by atoms with Crippen LogP contribution in [0.15, 0.2) is 36.7 Å². The van der Waals surface area contributed by atoms with Crippen LogP contribution in [0.2, 0.25) is 0 Å². The number of hydrogen-bond acceptors (Lipinski definition) is 4. The number of aromatic nitrogens is 2. The van der Waals surface area contributed by atoms with Crippen LogP contribution in [0.3, 0.4) is 0 Å². The summed E-state index contributed by atoms with van der Waals surface area (Å²) in [7, 11) is -2.57. The first-order valence-corrected chi connectivity index (χ1v) is 4.32. The van der Waals surface area contributed by atoms with E-state index in [0.29, 0.717) is 11.4 Å². The number of para-hydroxylation sites is 1. The zero-order valence-corrected chi connectivity index (χ0v) is 7.84. The van der Waals surface area contributed by atoms with Crippen molar-refractivity contribution in [3.8, 4) is 17.1 Å². The van der Waals surface area contributed by atoms with Gasteiger partial charge < -0.3 is 10.5 Å². The van der Waals surface area contributed by atoms with Crippen molar-refractivity contribution in [2.24, 2.45) is 0 Å². The third-order valence-electron chi connectivity index (χ3n) is 1.95. The smallest absolute Gasteiger partial charge is 0.162 e. The Hall–Kier alpha value is -2.10. The Balaban J connectivity index is 2.51. The Labute approximate surface area is 92.0 Å². The van der Waals surface area contributed by atoms with Crippen LogP contribution in [0.25, 0.3) is 11.4 Å². The van der Waals surface area contributed by atoms with Crippen molar-refractivity contribution in [1.82, 2.24) is 9.97 Å². The number of nitrogen functional groups attached to an aromatic ring is 1. The highest BCUT2D eigenvalue weighted by Crippen LogP contribution is 2.32. The molecule has 4 heteroatoms. The zero-order valence-electron chi connectivity index (χ0n) is 10.8. The van der Waals surface area contributed by atoms with Gasteiger partial charge in [-0.05, 0) is 18.2 Å². The minimum atomic E-state index is -2.57. The van der Waals surface area contributed by atoms with E-state index in [1.165, 1.54) is 0 Å². The molecule has 0 fully saturated rings. The van der Waals surface area contributed by atoms with E-state index in [2.05, 4.69) is 9.97 Å². The number of rotatable bonds is 2. The first-order valence-electron chi connectivity index (χ1n) is 5.82. The fraction of sp³-hybridized carbons (Fsp3) is 0.0909. The van der Waals surface area contributed by atoms with Gasteiger partial charge in [-0.15, -0.1) is 0 Å². The van der Waals surface area contributed by atoms with Gasteiger partial charge >= 0.3 is 0 Å². The number of anilines is 1. The van der Waals surface area contributed by atoms with Gasteiger partial charge in [0, 0.05) is 12.4 Å². The normalized spacial score (nSPS) is 13.7. The van der Waals surface area contributed by atoms with Crippen LogP contribution in [0, 0.1) is 0 Å². The highest BCUT2D eigenvalue weighted by molar-refractivity contribution is 5.72. The first-order chi connectivity index (χ1) is 8.47. The molecule has 0 bridgehead atoms. The molecule has 0 saturated heterocycles. The second kappa shape index (κ2) is 3.96. The molecule has 1 aromatic heterocycles. The van der Waals surface area contributed by atoms with Crippen molar-refractivity contribution in [2.45, 2.75) is 0 Å². The maximum Gasteiger partial charge on any atom is 0.162 e. The van der Waals surface area contributed by atoms with E-state index in [0.717, 1.165) is 0 Å². The van der Waals surface area contributed by atoms with Gasteiger partial charge in [0.15, 0.2) is 11.6 Å². The number of hydrogen-bond donors (Lipinski definition) is 1. The van der Waals surface area contributed by atoms with E-state index in [9.17, 15) is 0 Å². The van der Waals surface area contributed by atoms with Gasteiger partial charge in [-0.2, -0.15) is 0 Å². The number of nitrogens with zero attached hydrogens (tertiary/aromatic N) is 2. The Morgan fingerprint density at radius 3 is 2.80 bits per heavy atom.